The molecule has 186 valence electrons. The maximum Gasteiger partial charge on any atom is 0.416 e. The van der Waals surface area contributed by atoms with Crippen molar-refractivity contribution in [1.82, 2.24) is 20.1 Å². The number of fused-ring (bicyclic) bond motifs is 1. The topological polar surface area (TPSA) is 64.0 Å². The second kappa shape index (κ2) is 10.0. The van der Waals surface area contributed by atoms with Gasteiger partial charge in [-0.25, -0.2) is 4.98 Å². The highest BCUT2D eigenvalue weighted by Crippen LogP contribution is 2.34. The average molecular weight is 494 g/mol. The van der Waals surface area contributed by atoms with Crippen molar-refractivity contribution in [3.05, 3.63) is 95.9 Å². The van der Waals surface area contributed by atoms with E-state index in [1.165, 1.54) is 12.1 Å². The van der Waals surface area contributed by atoms with Gasteiger partial charge in [0.15, 0.2) is 0 Å². The van der Waals surface area contributed by atoms with Crippen molar-refractivity contribution in [2.75, 3.05) is 18.4 Å². The molecule has 0 saturated heterocycles. The molecule has 0 unspecified atom stereocenters. The van der Waals surface area contributed by atoms with Crippen molar-refractivity contribution in [2.45, 2.75) is 24.7 Å². The number of aromatic nitrogens is 3. The third-order valence-electron chi connectivity index (χ3n) is 6.24. The molecule has 0 amide bonds. The van der Waals surface area contributed by atoms with Crippen molar-refractivity contribution in [3.8, 4) is 17.0 Å². The minimum atomic E-state index is -4.33. The van der Waals surface area contributed by atoms with E-state index in [-0.39, 0.29) is 12.1 Å². The van der Waals surface area contributed by atoms with Crippen LogP contribution < -0.4 is 15.4 Å². The smallest absolute Gasteiger partial charge is 0.416 e. The van der Waals surface area contributed by atoms with Crippen molar-refractivity contribution in [2.24, 2.45) is 7.05 Å². The lowest BCUT2D eigenvalue weighted by Crippen LogP contribution is -2.43. The number of halogens is 3. The predicted octanol–water partition coefficient (Wildman–Crippen LogP) is 5.25. The molecule has 0 radical (unpaired) electrons. The normalized spacial score (nSPS) is 16.1. The molecule has 6 nitrogen and oxygen atoms in total. The van der Waals surface area contributed by atoms with Crippen molar-refractivity contribution in [3.63, 3.8) is 0 Å². The van der Waals surface area contributed by atoms with Gasteiger partial charge in [0.2, 0.25) is 5.88 Å². The predicted molar refractivity (Wildman–Crippen MR) is 132 cm³/mol. The molecule has 1 aliphatic rings. The van der Waals surface area contributed by atoms with Crippen LogP contribution in [0.25, 0.3) is 11.1 Å². The molecule has 3 heterocycles. The van der Waals surface area contributed by atoms with Crippen molar-refractivity contribution in [1.29, 1.82) is 0 Å². The number of hydrogen-bond acceptors (Lipinski definition) is 5. The second-order valence-electron chi connectivity index (χ2n) is 8.80. The van der Waals surface area contributed by atoms with E-state index in [4.69, 9.17) is 4.74 Å². The molecule has 36 heavy (non-hydrogen) atoms. The molecule has 0 fully saturated rings. The number of nitrogens with one attached hydrogen (secondary N) is 2. The van der Waals surface area contributed by atoms with Crippen LogP contribution in [0.2, 0.25) is 0 Å². The summed E-state index contributed by atoms with van der Waals surface area (Å²) < 4.78 is 46.6. The fraction of sp³-hybridized carbons (Fsp3) is 0.259. The number of aryl methyl sites for hydroxylation is 1. The monoisotopic (exact) mass is 493 g/mol. The molecule has 0 aliphatic carbocycles. The van der Waals surface area contributed by atoms with Crippen LogP contribution in [0.1, 0.15) is 22.7 Å². The Morgan fingerprint density at radius 1 is 1.08 bits per heavy atom. The number of benzene rings is 2. The van der Waals surface area contributed by atoms with Crippen LogP contribution in [-0.4, -0.2) is 34.0 Å². The van der Waals surface area contributed by atoms with Crippen LogP contribution in [-0.2, 0) is 19.6 Å². The summed E-state index contributed by atoms with van der Waals surface area (Å²) in [5.74, 6) is 0.532. The molecule has 2 aromatic heterocycles. The molecule has 1 aliphatic heterocycles. The van der Waals surface area contributed by atoms with Gasteiger partial charge >= 0.3 is 6.18 Å². The summed E-state index contributed by atoms with van der Waals surface area (Å²) in [7, 11) is 1.87. The highest BCUT2D eigenvalue weighted by molar-refractivity contribution is 5.69. The van der Waals surface area contributed by atoms with E-state index < -0.39 is 11.7 Å². The summed E-state index contributed by atoms with van der Waals surface area (Å²) in [6.07, 6.45) is 1.53. The van der Waals surface area contributed by atoms with Gasteiger partial charge < -0.3 is 15.4 Å². The fourth-order valence-corrected chi connectivity index (χ4v) is 4.34. The Morgan fingerprint density at radius 2 is 1.86 bits per heavy atom. The van der Waals surface area contributed by atoms with Crippen LogP contribution >= 0.6 is 0 Å². The van der Waals surface area contributed by atoms with Gasteiger partial charge in [-0.05, 0) is 42.3 Å². The van der Waals surface area contributed by atoms with Crippen LogP contribution in [0, 0.1) is 0 Å². The number of rotatable bonds is 7. The number of hydrogen-bond donors (Lipinski definition) is 2. The quantitative estimate of drug-likeness (QED) is 0.368. The van der Waals surface area contributed by atoms with Gasteiger partial charge in [0.05, 0.1) is 30.0 Å². The average Bonchev–Trinajstić information content (AvgIpc) is 3.32. The van der Waals surface area contributed by atoms with Gasteiger partial charge in [0, 0.05) is 30.6 Å². The van der Waals surface area contributed by atoms with Crippen molar-refractivity contribution >= 4 is 5.69 Å². The SMILES string of the molecule is Cn1cc(-c2cnc3c(c2)NC[C@@H]([C@H](NCCc2ccc(C(F)(F)F)cc2)c2ccccc2)O3)cn1. The van der Waals surface area contributed by atoms with Gasteiger partial charge in [-0.15, -0.1) is 0 Å². The summed E-state index contributed by atoms with van der Waals surface area (Å²) in [6, 6.07) is 17.2. The van der Waals surface area contributed by atoms with E-state index in [9.17, 15) is 13.2 Å². The Hall–Kier alpha value is -3.85. The van der Waals surface area contributed by atoms with Gasteiger partial charge in [0.1, 0.15) is 6.10 Å². The molecular formula is C27H26F3N5O. The van der Waals surface area contributed by atoms with Gasteiger partial charge in [-0.3, -0.25) is 4.68 Å². The lowest BCUT2D eigenvalue weighted by Gasteiger charge is -2.33. The molecule has 2 N–H and O–H groups in total. The Bertz CT molecular complexity index is 1310. The molecule has 5 rings (SSSR count). The second-order valence-corrected chi connectivity index (χ2v) is 8.80. The zero-order valence-corrected chi connectivity index (χ0v) is 19.7. The van der Waals surface area contributed by atoms with E-state index in [1.54, 1.807) is 17.1 Å². The highest BCUT2D eigenvalue weighted by Gasteiger charge is 2.31. The van der Waals surface area contributed by atoms with E-state index >= 15 is 0 Å². The first-order valence-electron chi connectivity index (χ1n) is 11.7. The van der Waals surface area contributed by atoms with Crippen molar-refractivity contribution < 1.29 is 17.9 Å². The molecule has 4 aromatic rings. The molecule has 2 aromatic carbocycles. The Morgan fingerprint density at radius 3 is 2.56 bits per heavy atom. The summed E-state index contributed by atoms with van der Waals surface area (Å²) in [4.78, 5) is 4.55. The maximum absolute atomic E-state index is 12.8. The van der Waals surface area contributed by atoms with Gasteiger partial charge in [-0.1, -0.05) is 42.5 Å². The van der Waals surface area contributed by atoms with E-state index in [0.717, 1.165) is 40.1 Å². The van der Waals surface area contributed by atoms with Crippen LogP contribution in [0.5, 0.6) is 5.88 Å². The third kappa shape index (κ3) is 5.36. The first-order chi connectivity index (χ1) is 17.4. The standard InChI is InChI=1S/C27H26F3N5O/c1-35-17-21(15-34-35)20-13-23-26(33-14-20)36-24(16-32-23)25(19-5-3-2-4-6-19)31-12-11-18-7-9-22(10-8-18)27(28,29)30/h2-10,13-15,17,24-25,31-32H,11-12,16H2,1H3/t24-,25+/m0/s1. The summed E-state index contributed by atoms with van der Waals surface area (Å²) in [5, 5.41) is 11.2. The highest BCUT2D eigenvalue weighted by atomic mass is 19.4. The van der Waals surface area contributed by atoms with E-state index in [2.05, 4.69) is 20.7 Å². The molecule has 0 bridgehead atoms. The Balaban J connectivity index is 1.28. The number of ether oxygens (including phenoxy) is 1. The molecule has 9 heteroatoms. The lowest BCUT2D eigenvalue weighted by atomic mass is 9.99. The molecule has 0 spiro atoms. The van der Waals surface area contributed by atoms with E-state index in [0.29, 0.717) is 25.4 Å². The molecular weight excluding hydrogens is 467 g/mol. The van der Waals surface area contributed by atoms with Gasteiger partial charge in [0.25, 0.3) is 0 Å². The first-order valence-corrected chi connectivity index (χ1v) is 11.7. The first kappa shape index (κ1) is 23.9. The van der Waals surface area contributed by atoms with E-state index in [1.807, 2.05) is 49.6 Å². The summed E-state index contributed by atoms with van der Waals surface area (Å²) >= 11 is 0. The number of nitrogens with zero attached hydrogens (tertiary/aromatic N) is 3. The third-order valence-corrected chi connectivity index (χ3v) is 6.24. The molecule has 2 atom stereocenters. The van der Waals surface area contributed by atoms with Crippen LogP contribution in [0.4, 0.5) is 18.9 Å². The zero-order chi connectivity index (χ0) is 25.1. The Labute approximate surface area is 207 Å². The summed E-state index contributed by atoms with van der Waals surface area (Å²) in [5.41, 5.74) is 4.01. The number of alkyl halides is 3. The van der Waals surface area contributed by atoms with Crippen LogP contribution in [0.15, 0.2) is 79.3 Å². The zero-order valence-electron chi connectivity index (χ0n) is 19.7. The number of pyridine rings is 1. The minimum Gasteiger partial charge on any atom is -0.469 e. The number of anilines is 1. The van der Waals surface area contributed by atoms with Gasteiger partial charge in [-0.2, -0.15) is 18.3 Å². The largest absolute Gasteiger partial charge is 0.469 e. The fourth-order valence-electron chi connectivity index (χ4n) is 4.34. The maximum atomic E-state index is 12.8. The lowest BCUT2D eigenvalue weighted by molar-refractivity contribution is -0.137. The Kier molecular flexibility index (Phi) is 6.65. The summed E-state index contributed by atoms with van der Waals surface area (Å²) in [6.45, 7) is 1.14. The minimum absolute atomic E-state index is 0.138. The molecule has 0 saturated carbocycles. The van der Waals surface area contributed by atoms with Crippen LogP contribution in [0.3, 0.4) is 0 Å².